The van der Waals surface area contributed by atoms with Gasteiger partial charge in [0.05, 0.1) is 27.4 Å². The van der Waals surface area contributed by atoms with Gasteiger partial charge in [-0.15, -0.1) is 0 Å². The zero-order chi connectivity index (χ0) is 31.6. The number of nitrogens with one attached hydrogen (secondary N) is 1. The van der Waals surface area contributed by atoms with Crippen LogP contribution in [-0.4, -0.2) is 41.8 Å². The topological polar surface area (TPSA) is 89.8 Å². The summed E-state index contributed by atoms with van der Waals surface area (Å²) in [5, 5.41) is 12.1. The molecule has 0 radical (unpaired) electrons. The summed E-state index contributed by atoms with van der Waals surface area (Å²) in [6.07, 6.45) is 6.43. The first-order chi connectivity index (χ1) is 20.1. The molecule has 2 N–H and O–H groups in total. The highest BCUT2D eigenvalue weighted by Crippen LogP contribution is 2.45. The highest BCUT2D eigenvalue weighted by molar-refractivity contribution is 6.37. The minimum absolute atomic E-state index is 0.190. The lowest BCUT2D eigenvalue weighted by Gasteiger charge is -2.29. The van der Waals surface area contributed by atoms with Crippen LogP contribution in [0.4, 0.5) is 5.69 Å². The van der Waals surface area contributed by atoms with E-state index in [9.17, 15) is 9.59 Å². The quantitative estimate of drug-likeness (QED) is 0.218. The molecule has 1 aliphatic rings. The summed E-state index contributed by atoms with van der Waals surface area (Å²) in [6.45, 7) is 14.8. The van der Waals surface area contributed by atoms with Crippen molar-refractivity contribution in [2.75, 3.05) is 25.6 Å². The second-order valence-electron chi connectivity index (χ2n) is 10.4. The van der Waals surface area contributed by atoms with Crippen LogP contribution >= 0.6 is 11.6 Å². The molecule has 0 bridgehead atoms. The van der Waals surface area contributed by atoms with Gasteiger partial charge in [0.15, 0.2) is 12.4 Å². The molecule has 0 amide bonds. The van der Waals surface area contributed by atoms with E-state index in [4.69, 9.17) is 26.2 Å². The van der Waals surface area contributed by atoms with Gasteiger partial charge in [-0.3, -0.25) is 4.79 Å². The number of aliphatic hydroxyl groups is 1. The summed E-state index contributed by atoms with van der Waals surface area (Å²) in [6, 6.07) is 9.61. The fourth-order valence-corrected chi connectivity index (χ4v) is 5.32. The van der Waals surface area contributed by atoms with Crippen LogP contribution in [0.2, 0.25) is 5.02 Å². The van der Waals surface area contributed by atoms with Crippen LogP contribution in [0.1, 0.15) is 65.8 Å². The first kappa shape index (κ1) is 34.8. The van der Waals surface area contributed by atoms with Crippen molar-refractivity contribution >= 4 is 34.3 Å². The third-order valence-corrected chi connectivity index (χ3v) is 7.00. The number of nitrogens with zero attached hydrogens (tertiary/aromatic N) is 1. The van der Waals surface area contributed by atoms with Crippen LogP contribution in [0.15, 0.2) is 58.9 Å². The first-order valence-corrected chi connectivity index (χ1v) is 14.7. The summed E-state index contributed by atoms with van der Waals surface area (Å²) in [7, 11) is 2.69. The molecule has 8 heteroatoms. The number of carbonyl (C=O) groups excluding carboxylic acids is 1. The van der Waals surface area contributed by atoms with Crippen LogP contribution in [0.3, 0.4) is 0 Å². The standard InChI is InChI=1S/C31H35ClN2O4.C2H6.CH4O/c1-7-10-19(8-2)17-20-11-9-12-21-25(20)30(36)34(6)29(24(18-35)38-31(3,4)5)26(21)22-13-14-23-28(27(22)32)33-15-16-37-23;2*1-2/h7-14,18,24,33H,15-17H2,1-6H3;1-2H3;2H,1H3/b10-7-,19-8+;;/t24-;;/m0../s1. The minimum atomic E-state index is -0.985. The van der Waals surface area contributed by atoms with Gasteiger partial charge in [0.25, 0.3) is 5.56 Å². The van der Waals surface area contributed by atoms with Crippen LogP contribution in [0, 0.1) is 0 Å². The predicted octanol–water partition coefficient (Wildman–Crippen LogP) is 7.42. The summed E-state index contributed by atoms with van der Waals surface area (Å²) >= 11 is 7.02. The van der Waals surface area contributed by atoms with Crippen LogP contribution in [0.5, 0.6) is 5.75 Å². The number of hydrogen-bond donors (Lipinski definition) is 2. The summed E-state index contributed by atoms with van der Waals surface area (Å²) in [5.74, 6) is 0.670. The zero-order valence-electron chi connectivity index (χ0n) is 26.3. The molecule has 1 aromatic heterocycles. The van der Waals surface area contributed by atoms with E-state index in [1.807, 2.05) is 97.0 Å². The lowest BCUT2D eigenvalue weighted by molar-refractivity contribution is -0.129. The Kier molecular flexibility index (Phi) is 13.0. The maximum absolute atomic E-state index is 14.0. The molecule has 0 spiro atoms. The van der Waals surface area contributed by atoms with Crippen molar-refractivity contribution in [1.82, 2.24) is 4.57 Å². The minimum Gasteiger partial charge on any atom is -0.490 e. The molecule has 0 unspecified atom stereocenters. The number of halogens is 1. The molecule has 4 rings (SSSR count). The van der Waals surface area contributed by atoms with Crippen molar-refractivity contribution in [3.8, 4) is 16.9 Å². The Hall–Kier alpha value is -3.39. The Morgan fingerprint density at radius 2 is 1.88 bits per heavy atom. The number of fused-ring (bicyclic) bond motifs is 2. The van der Waals surface area contributed by atoms with E-state index in [0.29, 0.717) is 58.2 Å². The van der Waals surface area contributed by atoms with Crippen molar-refractivity contribution < 1.29 is 19.4 Å². The zero-order valence-corrected chi connectivity index (χ0v) is 27.1. The Morgan fingerprint density at radius 3 is 2.48 bits per heavy atom. The van der Waals surface area contributed by atoms with E-state index in [2.05, 4.69) is 5.32 Å². The smallest absolute Gasteiger partial charge is 0.258 e. The average molecular weight is 597 g/mol. The molecular weight excluding hydrogens is 552 g/mol. The molecule has 228 valence electrons. The van der Waals surface area contributed by atoms with E-state index in [0.717, 1.165) is 29.9 Å². The molecular formula is C34H45ClN2O5. The van der Waals surface area contributed by atoms with Gasteiger partial charge in [0, 0.05) is 31.8 Å². The maximum atomic E-state index is 14.0. The molecule has 1 atom stereocenters. The highest BCUT2D eigenvalue weighted by atomic mass is 35.5. The number of allylic oxidation sites excluding steroid dienone is 4. The van der Waals surface area contributed by atoms with Gasteiger partial charge in [-0.1, -0.05) is 61.9 Å². The van der Waals surface area contributed by atoms with Crippen molar-refractivity contribution in [2.24, 2.45) is 7.05 Å². The number of aliphatic hydroxyl groups excluding tert-OH is 1. The maximum Gasteiger partial charge on any atom is 0.258 e. The van der Waals surface area contributed by atoms with Gasteiger partial charge in [0.2, 0.25) is 0 Å². The van der Waals surface area contributed by atoms with E-state index >= 15 is 0 Å². The highest BCUT2D eigenvalue weighted by Gasteiger charge is 2.30. The molecule has 0 aliphatic carbocycles. The molecule has 2 aromatic carbocycles. The van der Waals surface area contributed by atoms with E-state index in [-0.39, 0.29) is 5.56 Å². The third kappa shape index (κ3) is 7.51. The van der Waals surface area contributed by atoms with E-state index in [1.54, 1.807) is 7.05 Å². The third-order valence-electron chi connectivity index (χ3n) is 6.61. The van der Waals surface area contributed by atoms with Gasteiger partial charge in [-0.25, -0.2) is 0 Å². The van der Waals surface area contributed by atoms with Gasteiger partial charge >= 0.3 is 0 Å². The number of anilines is 1. The number of pyridine rings is 1. The van der Waals surface area contributed by atoms with E-state index in [1.165, 1.54) is 4.57 Å². The van der Waals surface area contributed by atoms with Gasteiger partial charge in [-0.2, -0.15) is 0 Å². The van der Waals surface area contributed by atoms with Crippen molar-refractivity contribution in [3.63, 3.8) is 0 Å². The second kappa shape index (κ2) is 15.7. The number of aldehydes is 1. The van der Waals surface area contributed by atoms with Crippen LogP contribution in [0.25, 0.3) is 21.9 Å². The number of ether oxygens (including phenoxy) is 2. The first-order valence-electron chi connectivity index (χ1n) is 14.3. The molecule has 2 heterocycles. The molecule has 1 aliphatic heterocycles. The Labute approximate surface area is 254 Å². The molecule has 3 aromatic rings. The monoisotopic (exact) mass is 596 g/mol. The average Bonchev–Trinajstić information content (AvgIpc) is 2.99. The molecule has 7 nitrogen and oxygen atoms in total. The SMILES string of the molecule is C/C=C\C(=C/C)Cc1cccc2c(-c3ccc4c(c3Cl)NCCO4)c([C@H](C=O)OC(C)(C)C)n(C)c(=O)c12.CC.CO. The molecule has 42 heavy (non-hydrogen) atoms. The summed E-state index contributed by atoms with van der Waals surface area (Å²) < 4.78 is 13.5. The van der Waals surface area contributed by atoms with Crippen molar-refractivity contribution in [1.29, 1.82) is 0 Å². The van der Waals surface area contributed by atoms with Crippen molar-refractivity contribution in [3.05, 3.63) is 80.8 Å². The van der Waals surface area contributed by atoms with Crippen LogP contribution in [-0.2, 0) is 23.0 Å². The lowest BCUT2D eigenvalue weighted by Crippen LogP contribution is -2.30. The Bertz CT molecular complexity index is 1500. The van der Waals surface area contributed by atoms with Gasteiger partial charge < -0.3 is 29.3 Å². The predicted molar refractivity (Wildman–Crippen MR) is 175 cm³/mol. The largest absolute Gasteiger partial charge is 0.490 e. The number of carbonyl (C=O) groups is 1. The summed E-state index contributed by atoms with van der Waals surface area (Å²) in [4.78, 5) is 26.5. The number of aromatic nitrogens is 1. The Morgan fingerprint density at radius 1 is 1.19 bits per heavy atom. The molecule has 0 fully saturated rings. The molecule has 0 saturated heterocycles. The fourth-order valence-electron chi connectivity index (χ4n) is 5.00. The lowest BCUT2D eigenvalue weighted by atomic mass is 9.90. The van der Waals surface area contributed by atoms with Crippen molar-refractivity contribution in [2.45, 2.75) is 66.6 Å². The fraction of sp³-hybridized carbons (Fsp3) is 0.412. The number of hydrogen-bond acceptors (Lipinski definition) is 6. The Balaban J connectivity index is 0.00000148. The van der Waals surface area contributed by atoms with Gasteiger partial charge in [-0.05, 0) is 69.7 Å². The second-order valence-corrected chi connectivity index (χ2v) is 10.7. The summed E-state index contributed by atoms with van der Waals surface area (Å²) in [5.41, 5.74) is 3.73. The van der Waals surface area contributed by atoms with Gasteiger partial charge in [0.1, 0.15) is 12.4 Å². The van der Waals surface area contributed by atoms with E-state index < -0.39 is 11.7 Å². The number of benzene rings is 2. The number of rotatable bonds is 7. The molecule has 0 saturated carbocycles. The normalized spacial score (nSPS) is 13.6. The van der Waals surface area contributed by atoms with Crippen LogP contribution < -0.4 is 15.6 Å².